The molecule has 0 aliphatic carbocycles. The number of hydrogen-bond donors (Lipinski definition) is 1. The molecule has 0 aliphatic rings. The van der Waals surface area contributed by atoms with Gasteiger partial charge in [-0.3, -0.25) is 4.79 Å². The third kappa shape index (κ3) is 4.42. The molecular formula is C16H18ClNO2. The van der Waals surface area contributed by atoms with Gasteiger partial charge in [0, 0.05) is 17.5 Å². The summed E-state index contributed by atoms with van der Waals surface area (Å²) in [6.45, 7) is 1.99. The van der Waals surface area contributed by atoms with E-state index in [4.69, 9.17) is 16.0 Å². The van der Waals surface area contributed by atoms with Crippen LogP contribution in [0.15, 0.2) is 47.1 Å². The third-order valence-electron chi connectivity index (χ3n) is 3.12. The monoisotopic (exact) mass is 291 g/mol. The molecule has 1 amide bonds. The molecule has 0 fully saturated rings. The second-order valence-electron chi connectivity index (χ2n) is 4.85. The molecule has 4 heteroatoms. The highest BCUT2D eigenvalue weighted by Gasteiger charge is 2.10. The van der Waals surface area contributed by atoms with Crippen molar-refractivity contribution in [3.05, 3.63) is 59.0 Å². The van der Waals surface area contributed by atoms with Crippen LogP contribution in [0.1, 0.15) is 24.7 Å². The van der Waals surface area contributed by atoms with Gasteiger partial charge in [0.15, 0.2) is 0 Å². The van der Waals surface area contributed by atoms with E-state index in [1.807, 2.05) is 37.3 Å². The normalized spacial score (nSPS) is 12.1. The number of halogens is 1. The van der Waals surface area contributed by atoms with Gasteiger partial charge in [0.1, 0.15) is 5.76 Å². The van der Waals surface area contributed by atoms with Gasteiger partial charge < -0.3 is 9.73 Å². The Bertz CT molecular complexity index is 551. The molecule has 1 aromatic carbocycles. The first kappa shape index (κ1) is 14.7. The minimum absolute atomic E-state index is 0.00922. The first-order valence-electron chi connectivity index (χ1n) is 6.70. The van der Waals surface area contributed by atoms with Crippen LogP contribution in [0.3, 0.4) is 0 Å². The zero-order chi connectivity index (χ0) is 14.4. The number of carbonyl (C=O) groups excluding carboxylic acids is 1. The summed E-state index contributed by atoms with van der Waals surface area (Å²) in [6.07, 6.45) is 3.64. The zero-order valence-electron chi connectivity index (χ0n) is 11.4. The summed E-state index contributed by atoms with van der Waals surface area (Å²) in [5.41, 5.74) is 0.852. The van der Waals surface area contributed by atoms with Crippen LogP contribution in [0.5, 0.6) is 0 Å². The van der Waals surface area contributed by atoms with Crippen molar-refractivity contribution in [2.24, 2.45) is 0 Å². The van der Waals surface area contributed by atoms with E-state index < -0.39 is 0 Å². The molecule has 0 bridgehead atoms. The van der Waals surface area contributed by atoms with Gasteiger partial charge in [-0.15, -0.1) is 0 Å². The van der Waals surface area contributed by atoms with Crippen LogP contribution in [0.4, 0.5) is 0 Å². The molecule has 3 nitrogen and oxygen atoms in total. The average Bonchev–Trinajstić information content (AvgIpc) is 2.92. The molecule has 0 radical (unpaired) electrons. The van der Waals surface area contributed by atoms with Gasteiger partial charge in [0.2, 0.25) is 5.91 Å². The number of carbonyl (C=O) groups is 1. The van der Waals surface area contributed by atoms with Crippen molar-refractivity contribution < 1.29 is 9.21 Å². The summed E-state index contributed by atoms with van der Waals surface area (Å²) in [6, 6.07) is 11.3. The number of benzene rings is 1. The summed E-state index contributed by atoms with van der Waals surface area (Å²) in [5, 5.41) is 3.61. The molecule has 2 aromatic rings. The molecule has 1 N–H and O–H groups in total. The molecule has 106 valence electrons. The number of amides is 1. The standard InChI is InChI=1S/C16H18ClNO2/c1-12(8-9-14-6-4-10-20-14)18-16(19)11-13-5-2-3-7-15(13)17/h2-7,10,12H,8-9,11H2,1H3,(H,18,19). The SMILES string of the molecule is CC(CCc1ccco1)NC(=O)Cc1ccccc1Cl. The Hall–Kier alpha value is -1.74. The predicted molar refractivity (Wildman–Crippen MR) is 79.8 cm³/mol. The van der Waals surface area contributed by atoms with Crippen molar-refractivity contribution in [1.82, 2.24) is 5.32 Å². The van der Waals surface area contributed by atoms with Gasteiger partial charge in [-0.2, -0.15) is 0 Å². The number of nitrogens with one attached hydrogen (secondary N) is 1. The highest BCUT2D eigenvalue weighted by molar-refractivity contribution is 6.31. The van der Waals surface area contributed by atoms with Gasteiger partial charge in [0.25, 0.3) is 0 Å². The summed E-state index contributed by atoms with van der Waals surface area (Å²) < 4.78 is 5.27. The fraction of sp³-hybridized carbons (Fsp3) is 0.312. The molecule has 0 spiro atoms. The summed E-state index contributed by atoms with van der Waals surface area (Å²) in [5.74, 6) is 0.933. The second-order valence-corrected chi connectivity index (χ2v) is 5.26. The van der Waals surface area contributed by atoms with E-state index in [1.165, 1.54) is 0 Å². The maximum atomic E-state index is 11.9. The van der Waals surface area contributed by atoms with Crippen LogP contribution < -0.4 is 5.32 Å². The van der Waals surface area contributed by atoms with Crippen LogP contribution in [0.25, 0.3) is 0 Å². The topological polar surface area (TPSA) is 42.2 Å². The maximum Gasteiger partial charge on any atom is 0.224 e. The Kier molecular flexibility index (Phi) is 5.24. The van der Waals surface area contributed by atoms with Crippen LogP contribution in [0, 0.1) is 0 Å². The van der Waals surface area contributed by atoms with E-state index in [0.29, 0.717) is 11.4 Å². The fourth-order valence-corrected chi connectivity index (χ4v) is 2.23. The fourth-order valence-electron chi connectivity index (χ4n) is 2.03. The van der Waals surface area contributed by atoms with Crippen LogP contribution in [-0.4, -0.2) is 11.9 Å². The molecule has 2 rings (SSSR count). The van der Waals surface area contributed by atoms with E-state index in [9.17, 15) is 4.79 Å². The zero-order valence-corrected chi connectivity index (χ0v) is 12.2. The van der Waals surface area contributed by atoms with E-state index in [-0.39, 0.29) is 11.9 Å². The lowest BCUT2D eigenvalue weighted by Gasteiger charge is -2.13. The lowest BCUT2D eigenvalue weighted by Crippen LogP contribution is -2.34. The summed E-state index contributed by atoms with van der Waals surface area (Å²) in [4.78, 5) is 11.9. The Labute approximate surface area is 123 Å². The van der Waals surface area contributed by atoms with Crippen molar-refractivity contribution in [1.29, 1.82) is 0 Å². The second kappa shape index (κ2) is 7.15. The van der Waals surface area contributed by atoms with Crippen molar-refractivity contribution >= 4 is 17.5 Å². The smallest absolute Gasteiger partial charge is 0.224 e. The molecule has 0 saturated carbocycles. The van der Waals surface area contributed by atoms with Crippen LogP contribution in [-0.2, 0) is 17.6 Å². The molecule has 1 aromatic heterocycles. The van der Waals surface area contributed by atoms with Gasteiger partial charge >= 0.3 is 0 Å². The average molecular weight is 292 g/mol. The van der Waals surface area contributed by atoms with E-state index in [1.54, 1.807) is 12.3 Å². The Balaban J connectivity index is 1.78. The van der Waals surface area contributed by atoms with Gasteiger partial charge in [-0.1, -0.05) is 29.8 Å². The lowest BCUT2D eigenvalue weighted by molar-refractivity contribution is -0.121. The minimum Gasteiger partial charge on any atom is -0.469 e. The number of hydrogen-bond acceptors (Lipinski definition) is 2. The summed E-state index contributed by atoms with van der Waals surface area (Å²) >= 11 is 6.04. The van der Waals surface area contributed by atoms with Crippen LogP contribution >= 0.6 is 11.6 Å². The molecular weight excluding hydrogens is 274 g/mol. The number of furan rings is 1. The maximum absolute atomic E-state index is 11.9. The molecule has 1 unspecified atom stereocenters. The quantitative estimate of drug-likeness (QED) is 0.883. The van der Waals surface area contributed by atoms with Crippen LogP contribution in [0.2, 0.25) is 5.02 Å². The number of aryl methyl sites for hydroxylation is 1. The van der Waals surface area contributed by atoms with Crippen molar-refractivity contribution in [3.8, 4) is 0 Å². The van der Waals surface area contributed by atoms with Crippen molar-refractivity contribution in [3.63, 3.8) is 0 Å². The molecule has 1 heterocycles. The molecule has 0 saturated heterocycles. The van der Waals surface area contributed by atoms with E-state index in [2.05, 4.69) is 5.32 Å². The third-order valence-corrected chi connectivity index (χ3v) is 3.49. The molecule has 1 atom stereocenters. The van der Waals surface area contributed by atoms with Gasteiger partial charge in [-0.25, -0.2) is 0 Å². The van der Waals surface area contributed by atoms with Crippen molar-refractivity contribution in [2.75, 3.05) is 0 Å². The Morgan fingerprint density at radius 1 is 1.30 bits per heavy atom. The lowest BCUT2D eigenvalue weighted by atomic mass is 10.1. The first-order valence-corrected chi connectivity index (χ1v) is 7.08. The van der Waals surface area contributed by atoms with Gasteiger partial charge in [-0.05, 0) is 37.1 Å². The van der Waals surface area contributed by atoms with E-state index in [0.717, 1.165) is 24.2 Å². The summed E-state index contributed by atoms with van der Waals surface area (Å²) in [7, 11) is 0. The molecule has 20 heavy (non-hydrogen) atoms. The van der Waals surface area contributed by atoms with Gasteiger partial charge in [0.05, 0.1) is 12.7 Å². The first-order chi connectivity index (χ1) is 9.65. The minimum atomic E-state index is -0.00922. The van der Waals surface area contributed by atoms with E-state index >= 15 is 0 Å². The highest BCUT2D eigenvalue weighted by Crippen LogP contribution is 2.15. The highest BCUT2D eigenvalue weighted by atomic mass is 35.5. The predicted octanol–water partition coefficient (Wildman–Crippen LogP) is 3.61. The largest absolute Gasteiger partial charge is 0.469 e. The number of rotatable bonds is 6. The molecule has 0 aliphatic heterocycles. The van der Waals surface area contributed by atoms with Crippen molar-refractivity contribution in [2.45, 2.75) is 32.2 Å². The Morgan fingerprint density at radius 2 is 2.10 bits per heavy atom. The Morgan fingerprint density at radius 3 is 2.80 bits per heavy atom.